The third kappa shape index (κ3) is 3.17. The summed E-state index contributed by atoms with van der Waals surface area (Å²) in [6.45, 7) is 1.84. The van der Waals surface area contributed by atoms with Gasteiger partial charge in [-0.25, -0.2) is 4.39 Å². The van der Waals surface area contributed by atoms with Crippen molar-refractivity contribution in [3.8, 4) is 0 Å². The first-order valence-electron chi connectivity index (χ1n) is 6.15. The molecule has 0 saturated heterocycles. The van der Waals surface area contributed by atoms with Crippen LogP contribution in [-0.4, -0.2) is 5.11 Å². The molecule has 0 amide bonds. The zero-order valence-electron chi connectivity index (χ0n) is 10.4. The second kappa shape index (κ2) is 5.78. The highest BCUT2D eigenvalue weighted by molar-refractivity contribution is 5.25. The van der Waals surface area contributed by atoms with E-state index in [0.717, 1.165) is 17.5 Å². The van der Waals surface area contributed by atoms with Gasteiger partial charge in [-0.2, -0.15) is 0 Å². The van der Waals surface area contributed by atoms with Crippen LogP contribution < -0.4 is 0 Å². The van der Waals surface area contributed by atoms with Crippen molar-refractivity contribution in [1.29, 1.82) is 0 Å². The molecule has 0 aliphatic carbocycles. The van der Waals surface area contributed by atoms with Gasteiger partial charge in [-0.1, -0.05) is 42.5 Å². The number of aliphatic hydroxyl groups excluding tert-OH is 1. The zero-order valence-corrected chi connectivity index (χ0v) is 10.4. The van der Waals surface area contributed by atoms with Gasteiger partial charge >= 0.3 is 0 Å². The summed E-state index contributed by atoms with van der Waals surface area (Å²) < 4.78 is 13.7. The van der Waals surface area contributed by atoms with Gasteiger partial charge in [0.15, 0.2) is 0 Å². The van der Waals surface area contributed by atoms with E-state index in [-0.39, 0.29) is 5.82 Å². The Morgan fingerprint density at radius 2 is 1.83 bits per heavy atom. The van der Waals surface area contributed by atoms with E-state index in [1.807, 2.05) is 43.3 Å². The van der Waals surface area contributed by atoms with Crippen LogP contribution in [-0.2, 0) is 6.42 Å². The maximum Gasteiger partial charge on any atom is 0.129 e. The van der Waals surface area contributed by atoms with E-state index in [2.05, 4.69) is 0 Å². The first-order chi connectivity index (χ1) is 8.66. The fraction of sp³-hybridized carbons (Fsp3) is 0.250. The molecule has 0 aliphatic rings. The van der Waals surface area contributed by atoms with Crippen molar-refractivity contribution >= 4 is 0 Å². The summed E-state index contributed by atoms with van der Waals surface area (Å²) >= 11 is 0. The van der Waals surface area contributed by atoms with Crippen molar-refractivity contribution < 1.29 is 9.50 Å². The molecule has 2 aromatic carbocycles. The highest BCUT2D eigenvalue weighted by Crippen LogP contribution is 2.22. The fourth-order valence-corrected chi connectivity index (χ4v) is 2.01. The van der Waals surface area contributed by atoms with Crippen molar-refractivity contribution in [1.82, 2.24) is 0 Å². The van der Waals surface area contributed by atoms with E-state index in [0.29, 0.717) is 12.0 Å². The van der Waals surface area contributed by atoms with Crippen LogP contribution in [0.1, 0.15) is 29.2 Å². The predicted molar refractivity (Wildman–Crippen MR) is 70.9 cm³/mol. The van der Waals surface area contributed by atoms with E-state index in [1.165, 1.54) is 6.07 Å². The van der Waals surface area contributed by atoms with E-state index < -0.39 is 6.10 Å². The van der Waals surface area contributed by atoms with Gasteiger partial charge in [-0.05, 0) is 37.0 Å². The van der Waals surface area contributed by atoms with E-state index in [1.54, 1.807) is 6.07 Å². The minimum atomic E-state index is -0.745. The lowest BCUT2D eigenvalue weighted by molar-refractivity contribution is 0.163. The summed E-state index contributed by atoms with van der Waals surface area (Å²) in [5.41, 5.74) is 2.41. The molecule has 1 N–H and O–H groups in total. The van der Waals surface area contributed by atoms with Crippen LogP contribution in [0.5, 0.6) is 0 Å². The lowest BCUT2D eigenvalue weighted by atomic mass is 10.00. The fourth-order valence-electron chi connectivity index (χ4n) is 2.01. The van der Waals surface area contributed by atoms with Crippen LogP contribution in [0.3, 0.4) is 0 Å². The number of benzene rings is 2. The Morgan fingerprint density at radius 3 is 2.50 bits per heavy atom. The Morgan fingerprint density at radius 1 is 1.11 bits per heavy atom. The standard InChI is InChI=1S/C16H17FO/c1-12-7-9-14(15(17)11-12)16(18)10-8-13-5-3-2-4-6-13/h2-7,9,11,16,18H,8,10H2,1H3. The molecule has 0 spiro atoms. The van der Waals surface area contributed by atoms with Crippen LogP contribution in [0.25, 0.3) is 0 Å². The molecule has 0 aliphatic heterocycles. The summed E-state index contributed by atoms with van der Waals surface area (Å²) in [7, 11) is 0. The molecule has 0 radical (unpaired) electrons. The van der Waals surface area contributed by atoms with Crippen LogP contribution in [0.4, 0.5) is 4.39 Å². The molecule has 2 aromatic rings. The number of aliphatic hydroxyl groups is 1. The van der Waals surface area contributed by atoms with Gasteiger partial charge < -0.3 is 5.11 Å². The quantitative estimate of drug-likeness (QED) is 0.867. The number of hydrogen-bond acceptors (Lipinski definition) is 1. The Labute approximate surface area is 107 Å². The number of halogens is 1. The Balaban J connectivity index is 2.01. The van der Waals surface area contributed by atoms with Crippen LogP contribution in [0.15, 0.2) is 48.5 Å². The predicted octanol–water partition coefficient (Wildman–Crippen LogP) is 3.80. The number of aryl methyl sites for hydroxylation is 2. The number of rotatable bonds is 4. The van der Waals surface area contributed by atoms with Gasteiger partial charge in [-0.3, -0.25) is 0 Å². The topological polar surface area (TPSA) is 20.2 Å². The lowest BCUT2D eigenvalue weighted by Crippen LogP contribution is -2.02. The van der Waals surface area contributed by atoms with Gasteiger partial charge in [0, 0.05) is 5.56 Å². The smallest absolute Gasteiger partial charge is 0.129 e. The lowest BCUT2D eigenvalue weighted by Gasteiger charge is -2.12. The van der Waals surface area contributed by atoms with Gasteiger partial charge in [0.1, 0.15) is 5.82 Å². The van der Waals surface area contributed by atoms with Crippen LogP contribution in [0, 0.1) is 12.7 Å². The minimum Gasteiger partial charge on any atom is -0.388 e. The first kappa shape index (κ1) is 12.8. The summed E-state index contributed by atoms with van der Waals surface area (Å²) in [5.74, 6) is -0.324. The van der Waals surface area contributed by atoms with Crippen molar-refractivity contribution in [3.05, 3.63) is 71.0 Å². The molecule has 0 saturated carbocycles. The Hall–Kier alpha value is -1.67. The Bertz CT molecular complexity index is 508. The molecule has 2 heteroatoms. The second-order valence-corrected chi connectivity index (χ2v) is 4.57. The molecule has 94 valence electrons. The highest BCUT2D eigenvalue weighted by atomic mass is 19.1. The van der Waals surface area contributed by atoms with Crippen molar-refractivity contribution in [2.75, 3.05) is 0 Å². The molecular formula is C16H17FO. The van der Waals surface area contributed by atoms with Crippen molar-refractivity contribution in [2.24, 2.45) is 0 Å². The summed E-state index contributed by atoms with van der Waals surface area (Å²) in [6, 6.07) is 14.9. The second-order valence-electron chi connectivity index (χ2n) is 4.57. The molecule has 0 bridgehead atoms. The maximum atomic E-state index is 13.7. The van der Waals surface area contributed by atoms with E-state index >= 15 is 0 Å². The molecule has 0 aromatic heterocycles. The molecule has 0 fully saturated rings. The average molecular weight is 244 g/mol. The third-order valence-electron chi connectivity index (χ3n) is 3.06. The monoisotopic (exact) mass is 244 g/mol. The van der Waals surface area contributed by atoms with Gasteiger partial charge in [0.05, 0.1) is 6.10 Å². The largest absolute Gasteiger partial charge is 0.388 e. The average Bonchev–Trinajstić information content (AvgIpc) is 2.37. The minimum absolute atomic E-state index is 0.324. The highest BCUT2D eigenvalue weighted by Gasteiger charge is 2.12. The molecular weight excluding hydrogens is 227 g/mol. The molecule has 1 atom stereocenters. The molecule has 1 nitrogen and oxygen atoms in total. The Kier molecular flexibility index (Phi) is 4.11. The van der Waals surface area contributed by atoms with E-state index in [4.69, 9.17) is 0 Å². The maximum absolute atomic E-state index is 13.7. The zero-order chi connectivity index (χ0) is 13.0. The first-order valence-corrected chi connectivity index (χ1v) is 6.15. The summed E-state index contributed by atoms with van der Waals surface area (Å²) in [6.07, 6.45) is 0.532. The van der Waals surface area contributed by atoms with Crippen LogP contribution >= 0.6 is 0 Å². The van der Waals surface area contributed by atoms with Gasteiger partial charge in [0.25, 0.3) is 0 Å². The van der Waals surface area contributed by atoms with Crippen LogP contribution in [0.2, 0.25) is 0 Å². The van der Waals surface area contributed by atoms with Gasteiger partial charge in [-0.15, -0.1) is 0 Å². The molecule has 18 heavy (non-hydrogen) atoms. The van der Waals surface area contributed by atoms with E-state index in [9.17, 15) is 9.50 Å². The van der Waals surface area contributed by atoms with Crippen molar-refractivity contribution in [2.45, 2.75) is 25.9 Å². The summed E-state index contributed by atoms with van der Waals surface area (Å²) in [5, 5.41) is 10.0. The molecule has 0 heterocycles. The number of hydrogen-bond donors (Lipinski definition) is 1. The van der Waals surface area contributed by atoms with Gasteiger partial charge in [0.2, 0.25) is 0 Å². The SMILES string of the molecule is Cc1ccc(C(O)CCc2ccccc2)c(F)c1. The third-order valence-corrected chi connectivity index (χ3v) is 3.06. The molecule has 1 unspecified atom stereocenters. The summed E-state index contributed by atoms with van der Waals surface area (Å²) in [4.78, 5) is 0. The normalized spacial score (nSPS) is 12.4. The van der Waals surface area contributed by atoms with Crippen molar-refractivity contribution in [3.63, 3.8) is 0 Å². The molecule has 2 rings (SSSR count).